The van der Waals surface area contributed by atoms with Gasteiger partial charge in [0.1, 0.15) is 6.61 Å². The van der Waals surface area contributed by atoms with E-state index in [2.05, 4.69) is 5.10 Å². The first-order valence-electron chi connectivity index (χ1n) is 10.8. The maximum Gasteiger partial charge on any atom is 0.274 e. The van der Waals surface area contributed by atoms with Gasteiger partial charge in [0.2, 0.25) is 5.91 Å². The molecule has 1 aromatic heterocycles. The van der Waals surface area contributed by atoms with Crippen LogP contribution in [0.3, 0.4) is 0 Å². The maximum absolute atomic E-state index is 12.7. The highest BCUT2D eigenvalue weighted by atomic mass is 16.5. The fourth-order valence-electron chi connectivity index (χ4n) is 4.66. The Kier molecular flexibility index (Phi) is 5.92. The van der Waals surface area contributed by atoms with Gasteiger partial charge in [-0.1, -0.05) is 0 Å². The first-order chi connectivity index (χ1) is 14.0. The number of aromatic nitrogens is 2. The first-order valence-corrected chi connectivity index (χ1v) is 10.8. The number of amides is 2. The van der Waals surface area contributed by atoms with E-state index in [1.165, 1.54) is 0 Å². The van der Waals surface area contributed by atoms with Crippen molar-refractivity contribution in [1.29, 1.82) is 0 Å². The lowest BCUT2D eigenvalue weighted by molar-refractivity contribution is -0.161. The molecule has 0 radical (unpaired) electrons. The molecule has 160 valence electrons. The summed E-state index contributed by atoms with van der Waals surface area (Å²) in [6, 6.07) is 1.84. The van der Waals surface area contributed by atoms with Crippen LogP contribution >= 0.6 is 0 Å². The van der Waals surface area contributed by atoms with Crippen molar-refractivity contribution < 1.29 is 19.1 Å². The van der Waals surface area contributed by atoms with Gasteiger partial charge in [-0.25, -0.2) is 0 Å². The van der Waals surface area contributed by atoms with E-state index in [1.54, 1.807) is 4.68 Å². The molecule has 0 bridgehead atoms. The van der Waals surface area contributed by atoms with E-state index >= 15 is 0 Å². The predicted molar refractivity (Wildman–Crippen MR) is 107 cm³/mol. The number of piperidine rings is 1. The number of rotatable bonds is 4. The lowest BCUT2D eigenvalue weighted by Crippen LogP contribution is -2.52. The van der Waals surface area contributed by atoms with Crippen LogP contribution in [-0.2, 0) is 21.3 Å². The minimum atomic E-state index is -0.240. The molecule has 0 aliphatic carbocycles. The third-order valence-electron chi connectivity index (χ3n) is 6.64. The summed E-state index contributed by atoms with van der Waals surface area (Å²) in [5.74, 6) is 0.0949. The summed E-state index contributed by atoms with van der Waals surface area (Å²) in [5, 5.41) is 4.31. The molecule has 0 N–H and O–H groups in total. The second-order valence-electron chi connectivity index (χ2n) is 8.63. The quantitative estimate of drug-likeness (QED) is 0.761. The number of hydrogen-bond donors (Lipinski definition) is 0. The van der Waals surface area contributed by atoms with Crippen molar-refractivity contribution in [2.24, 2.45) is 7.05 Å². The van der Waals surface area contributed by atoms with Gasteiger partial charge in [0, 0.05) is 51.9 Å². The Morgan fingerprint density at radius 2 is 1.93 bits per heavy atom. The van der Waals surface area contributed by atoms with Gasteiger partial charge < -0.3 is 19.3 Å². The van der Waals surface area contributed by atoms with E-state index in [0.717, 1.165) is 57.3 Å². The van der Waals surface area contributed by atoms with Gasteiger partial charge in [0.25, 0.3) is 5.91 Å². The molecule has 8 nitrogen and oxygen atoms in total. The zero-order valence-electron chi connectivity index (χ0n) is 17.6. The Labute approximate surface area is 172 Å². The lowest BCUT2D eigenvalue weighted by Gasteiger charge is -2.46. The normalized spacial score (nSPS) is 24.3. The molecular formula is C21H32N4O4. The molecule has 4 heterocycles. The summed E-state index contributed by atoms with van der Waals surface area (Å²) in [5.41, 5.74) is 1.24. The summed E-state index contributed by atoms with van der Waals surface area (Å²) in [4.78, 5) is 28.8. The van der Waals surface area contributed by atoms with Crippen LogP contribution in [0, 0.1) is 6.92 Å². The molecule has 8 heteroatoms. The molecule has 4 rings (SSSR count). The van der Waals surface area contributed by atoms with Crippen molar-refractivity contribution in [3.8, 4) is 0 Å². The van der Waals surface area contributed by atoms with E-state index < -0.39 is 0 Å². The van der Waals surface area contributed by atoms with Crippen molar-refractivity contribution in [2.45, 2.75) is 57.2 Å². The number of ether oxygens (including phenoxy) is 2. The third-order valence-corrected chi connectivity index (χ3v) is 6.64. The van der Waals surface area contributed by atoms with Crippen LogP contribution in [0.25, 0.3) is 0 Å². The van der Waals surface area contributed by atoms with Gasteiger partial charge in [-0.05, 0) is 45.1 Å². The van der Waals surface area contributed by atoms with E-state index in [4.69, 9.17) is 9.47 Å². The van der Waals surface area contributed by atoms with Crippen molar-refractivity contribution in [2.75, 3.05) is 39.4 Å². The Morgan fingerprint density at radius 1 is 1.21 bits per heavy atom. The Balaban J connectivity index is 1.28. The molecule has 3 fully saturated rings. The molecule has 3 aliphatic heterocycles. The second-order valence-corrected chi connectivity index (χ2v) is 8.63. The molecule has 1 atom stereocenters. The van der Waals surface area contributed by atoms with E-state index in [1.807, 2.05) is 29.8 Å². The minimum absolute atomic E-state index is 0.0108. The van der Waals surface area contributed by atoms with Gasteiger partial charge in [0.05, 0.1) is 11.7 Å². The van der Waals surface area contributed by atoms with Crippen LogP contribution in [0.15, 0.2) is 6.07 Å². The Hall–Kier alpha value is -1.93. The second kappa shape index (κ2) is 8.44. The SMILES string of the molecule is Cc1cc(C(=O)N2CCC3(CC2)CC(OCC(=O)N2CCCC2)CCO3)nn1C. The highest BCUT2D eigenvalue weighted by Gasteiger charge is 2.42. The van der Waals surface area contributed by atoms with Gasteiger partial charge in [-0.15, -0.1) is 0 Å². The summed E-state index contributed by atoms with van der Waals surface area (Å²) in [6.07, 6.45) is 5.46. The van der Waals surface area contributed by atoms with Crippen LogP contribution in [0.1, 0.15) is 54.7 Å². The summed E-state index contributed by atoms with van der Waals surface area (Å²) in [6.45, 7) is 5.81. The van der Waals surface area contributed by atoms with Gasteiger partial charge in [-0.2, -0.15) is 5.10 Å². The Morgan fingerprint density at radius 3 is 2.59 bits per heavy atom. The largest absolute Gasteiger partial charge is 0.375 e. The van der Waals surface area contributed by atoms with Crippen molar-refractivity contribution in [3.05, 3.63) is 17.5 Å². The fraction of sp³-hybridized carbons (Fsp3) is 0.762. The van der Waals surface area contributed by atoms with Crippen molar-refractivity contribution >= 4 is 11.8 Å². The topological polar surface area (TPSA) is 76.9 Å². The number of nitrogens with zero attached hydrogens (tertiary/aromatic N) is 4. The van der Waals surface area contributed by atoms with E-state index in [-0.39, 0.29) is 30.1 Å². The summed E-state index contributed by atoms with van der Waals surface area (Å²) < 4.78 is 13.9. The molecule has 29 heavy (non-hydrogen) atoms. The van der Waals surface area contributed by atoms with Crippen LogP contribution in [0.4, 0.5) is 0 Å². The van der Waals surface area contributed by atoms with Gasteiger partial charge in [0.15, 0.2) is 5.69 Å². The monoisotopic (exact) mass is 404 g/mol. The highest BCUT2D eigenvalue weighted by molar-refractivity contribution is 5.92. The van der Waals surface area contributed by atoms with Crippen molar-refractivity contribution in [3.63, 3.8) is 0 Å². The van der Waals surface area contributed by atoms with Gasteiger partial charge >= 0.3 is 0 Å². The standard InChI is InChI=1S/C21H32N4O4/c1-16-13-18(22-23(16)2)20(27)25-10-6-21(7-11-25)14-17(5-12-29-21)28-15-19(26)24-8-3-4-9-24/h13,17H,3-12,14-15H2,1-2H3. The highest BCUT2D eigenvalue weighted by Crippen LogP contribution is 2.36. The van der Waals surface area contributed by atoms with Crippen LogP contribution in [-0.4, -0.2) is 82.5 Å². The number of aryl methyl sites for hydroxylation is 2. The molecule has 0 aromatic carbocycles. The molecule has 3 saturated heterocycles. The lowest BCUT2D eigenvalue weighted by atomic mass is 9.83. The van der Waals surface area contributed by atoms with Crippen LogP contribution in [0.2, 0.25) is 0 Å². The molecule has 1 spiro atoms. The van der Waals surface area contributed by atoms with E-state index in [0.29, 0.717) is 25.4 Å². The number of hydrogen-bond acceptors (Lipinski definition) is 5. The van der Waals surface area contributed by atoms with Crippen LogP contribution in [0.5, 0.6) is 0 Å². The molecule has 2 amide bonds. The van der Waals surface area contributed by atoms with E-state index in [9.17, 15) is 9.59 Å². The summed E-state index contributed by atoms with van der Waals surface area (Å²) >= 11 is 0. The average Bonchev–Trinajstić information content (AvgIpc) is 3.37. The number of likely N-dealkylation sites (tertiary alicyclic amines) is 2. The minimum Gasteiger partial charge on any atom is -0.375 e. The zero-order chi connectivity index (χ0) is 20.4. The third kappa shape index (κ3) is 4.48. The first kappa shape index (κ1) is 20.3. The fourth-order valence-corrected chi connectivity index (χ4v) is 4.66. The molecule has 1 aromatic rings. The Bertz CT molecular complexity index is 728. The molecular weight excluding hydrogens is 372 g/mol. The number of carbonyl (C=O) groups is 2. The van der Waals surface area contributed by atoms with Crippen molar-refractivity contribution in [1.82, 2.24) is 19.6 Å². The van der Waals surface area contributed by atoms with Gasteiger partial charge in [-0.3, -0.25) is 14.3 Å². The molecule has 0 saturated carbocycles. The zero-order valence-corrected chi connectivity index (χ0v) is 17.6. The predicted octanol–water partition coefficient (Wildman–Crippen LogP) is 1.52. The summed E-state index contributed by atoms with van der Waals surface area (Å²) in [7, 11) is 1.85. The smallest absolute Gasteiger partial charge is 0.274 e. The molecule has 3 aliphatic rings. The van der Waals surface area contributed by atoms with Crippen LogP contribution < -0.4 is 0 Å². The average molecular weight is 405 g/mol. The number of carbonyl (C=O) groups excluding carboxylic acids is 2. The maximum atomic E-state index is 12.7. The molecule has 1 unspecified atom stereocenters.